The van der Waals surface area contributed by atoms with E-state index in [1.165, 1.54) is 0 Å². The molecule has 0 fully saturated rings. The van der Waals surface area contributed by atoms with Crippen LogP contribution in [0.1, 0.15) is 5.56 Å². The summed E-state index contributed by atoms with van der Waals surface area (Å²) in [4.78, 5) is 0. The van der Waals surface area contributed by atoms with Crippen LogP contribution < -0.4 is 10.5 Å². The van der Waals surface area contributed by atoms with Gasteiger partial charge in [0.15, 0.2) is 0 Å². The Kier molecular flexibility index (Phi) is 3.79. The molecule has 3 rings (SSSR count). The van der Waals surface area contributed by atoms with Crippen LogP contribution in [0, 0.1) is 0 Å². The summed E-state index contributed by atoms with van der Waals surface area (Å²) in [5.74, 6) is 2.04. The molecule has 4 nitrogen and oxygen atoms in total. The average molecular weight is 300 g/mol. The Morgan fingerprint density at radius 2 is 1.81 bits per heavy atom. The molecule has 3 aromatic rings. The standard InChI is InChI=1S/C16H14ClN3O/c17-15-10-19-20(16(15)18)11-12-5-4-8-14(9-12)21-13-6-2-1-3-7-13/h1-10H,11,18H2. The van der Waals surface area contributed by atoms with E-state index in [9.17, 15) is 0 Å². The number of aromatic nitrogens is 2. The third kappa shape index (κ3) is 3.17. The van der Waals surface area contributed by atoms with Gasteiger partial charge in [-0.05, 0) is 29.8 Å². The molecular weight excluding hydrogens is 286 g/mol. The molecule has 0 aliphatic heterocycles. The van der Waals surface area contributed by atoms with Crippen LogP contribution in [0.2, 0.25) is 5.02 Å². The molecule has 1 heterocycles. The van der Waals surface area contributed by atoms with Crippen molar-refractivity contribution in [2.45, 2.75) is 6.54 Å². The Balaban J connectivity index is 1.79. The van der Waals surface area contributed by atoms with Crippen LogP contribution in [-0.2, 0) is 6.54 Å². The largest absolute Gasteiger partial charge is 0.457 e. The lowest BCUT2D eigenvalue weighted by Crippen LogP contribution is -2.05. The van der Waals surface area contributed by atoms with E-state index in [0.29, 0.717) is 17.4 Å². The van der Waals surface area contributed by atoms with Crippen molar-refractivity contribution in [3.8, 4) is 11.5 Å². The minimum Gasteiger partial charge on any atom is -0.457 e. The Morgan fingerprint density at radius 3 is 2.52 bits per heavy atom. The number of anilines is 1. The number of nitrogen functional groups attached to an aromatic ring is 1. The molecule has 0 atom stereocenters. The normalized spacial score (nSPS) is 10.5. The minimum absolute atomic E-state index is 0.464. The van der Waals surface area contributed by atoms with Gasteiger partial charge in [-0.1, -0.05) is 41.9 Å². The third-order valence-electron chi connectivity index (χ3n) is 3.04. The Morgan fingerprint density at radius 1 is 1.05 bits per heavy atom. The second-order valence-electron chi connectivity index (χ2n) is 4.60. The molecule has 21 heavy (non-hydrogen) atoms. The first-order valence-electron chi connectivity index (χ1n) is 6.51. The van der Waals surface area contributed by atoms with E-state index >= 15 is 0 Å². The molecule has 0 spiro atoms. The fourth-order valence-corrected chi connectivity index (χ4v) is 2.14. The molecule has 0 amide bonds. The predicted octanol–water partition coefficient (Wildman–Crippen LogP) is 3.96. The van der Waals surface area contributed by atoms with Gasteiger partial charge in [0.1, 0.15) is 22.3 Å². The van der Waals surface area contributed by atoms with Crippen molar-refractivity contribution in [2.75, 3.05) is 5.73 Å². The number of ether oxygens (including phenoxy) is 1. The van der Waals surface area contributed by atoms with Crippen LogP contribution in [0.4, 0.5) is 5.82 Å². The van der Waals surface area contributed by atoms with Crippen LogP contribution in [0.15, 0.2) is 60.8 Å². The lowest BCUT2D eigenvalue weighted by atomic mass is 10.2. The highest BCUT2D eigenvalue weighted by atomic mass is 35.5. The molecule has 0 radical (unpaired) electrons. The van der Waals surface area contributed by atoms with Crippen LogP contribution in [0.3, 0.4) is 0 Å². The van der Waals surface area contributed by atoms with Crippen molar-refractivity contribution in [2.24, 2.45) is 0 Å². The van der Waals surface area contributed by atoms with Crippen molar-refractivity contribution in [3.05, 3.63) is 71.4 Å². The maximum absolute atomic E-state index is 5.90. The lowest BCUT2D eigenvalue weighted by Gasteiger charge is -2.08. The van der Waals surface area contributed by atoms with Crippen LogP contribution in [-0.4, -0.2) is 9.78 Å². The van der Waals surface area contributed by atoms with Gasteiger partial charge in [0.05, 0.1) is 12.7 Å². The smallest absolute Gasteiger partial charge is 0.140 e. The van der Waals surface area contributed by atoms with Gasteiger partial charge in [-0.25, -0.2) is 4.68 Å². The number of nitrogens with zero attached hydrogens (tertiary/aromatic N) is 2. The summed E-state index contributed by atoms with van der Waals surface area (Å²) in [5.41, 5.74) is 6.89. The quantitative estimate of drug-likeness (QED) is 0.793. The van der Waals surface area contributed by atoms with Gasteiger partial charge in [0.25, 0.3) is 0 Å². The van der Waals surface area contributed by atoms with Crippen LogP contribution in [0.5, 0.6) is 11.5 Å². The molecule has 5 heteroatoms. The van der Waals surface area contributed by atoms with Crippen molar-refractivity contribution in [3.63, 3.8) is 0 Å². The zero-order valence-electron chi connectivity index (χ0n) is 11.2. The maximum Gasteiger partial charge on any atom is 0.140 e. The number of rotatable bonds is 4. The zero-order chi connectivity index (χ0) is 14.7. The Bertz CT molecular complexity index is 740. The summed E-state index contributed by atoms with van der Waals surface area (Å²) in [7, 11) is 0. The zero-order valence-corrected chi connectivity index (χ0v) is 12.0. The van der Waals surface area contributed by atoms with E-state index in [0.717, 1.165) is 17.1 Å². The van der Waals surface area contributed by atoms with Crippen molar-refractivity contribution in [1.29, 1.82) is 0 Å². The molecule has 2 N–H and O–H groups in total. The number of benzene rings is 2. The van der Waals surface area contributed by atoms with E-state index in [2.05, 4.69) is 5.10 Å². The first kappa shape index (κ1) is 13.5. The number of halogens is 1. The predicted molar refractivity (Wildman–Crippen MR) is 83.7 cm³/mol. The molecular formula is C16H14ClN3O. The topological polar surface area (TPSA) is 53.1 Å². The Labute approximate surface area is 127 Å². The van der Waals surface area contributed by atoms with E-state index in [-0.39, 0.29) is 0 Å². The van der Waals surface area contributed by atoms with E-state index in [4.69, 9.17) is 22.1 Å². The summed E-state index contributed by atoms with van der Waals surface area (Å²) in [5, 5.41) is 4.61. The molecule has 1 aromatic heterocycles. The number of nitrogens with two attached hydrogens (primary N) is 1. The van der Waals surface area contributed by atoms with Crippen molar-refractivity contribution in [1.82, 2.24) is 9.78 Å². The van der Waals surface area contributed by atoms with Crippen LogP contribution in [0.25, 0.3) is 0 Å². The van der Waals surface area contributed by atoms with Gasteiger partial charge < -0.3 is 10.5 Å². The first-order chi connectivity index (χ1) is 10.2. The van der Waals surface area contributed by atoms with Gasteiger partial charge in [-0.15, -0.1) is 0 Å². The fraction of sp³-hybridized carbons (Fsp3) is 0.0625. The fourth-order valence-electron chi connectivity index (χ4n) is 2.00. The third-order valence-corrected chi connectivity index (χ3v) is 3.33. The molecule has 106 valence electrons. The van der Waals surface area contributed by atoms with Gasteiger partial charge in [0, 0.05) is 0 Å². The van der Waals surface area contributed by atoms with Gasteiger partial charge in [-0.3, -0.25) is 0 Å². The van der Waals surface area contributed by atoms with Crippen LogP contribution >= 0.6 is 11.6 Å². The highest BCUT2D eigenvalue weighted by Gasteiger charge is 2.06. The Hall–Kier alpha value is -2.46. The monoisotopic (exact) mass is 299 g/mol. The molecule has 0 unspecified atom stereocenters. The average Bonchev–Trinajstić information content (AvgIpc) is 2.81. The molecule has 0 aliphatic carbocycles. The van der Waals surface area contributed by atoms with Gasteiger partial charge in [0.2, 0.25) is 0 Å². The summed E-state index contributed by atoms with van der Waals surface area (Å²) in [6.07, 6.45) is 1.54. The maximum atomic E-state index is 5.90. The highest BCUT2D eigenvalue weighted by molar-refractivity contribution is 6.32. The van der Waals surface area contributed by atoms with Crippen molar-refractivity contribution >= 4 is 17.4 Å². The summed E-state index contributed by atoms with van der Waals surface area (Å²) in [6.45, 7) is 0.546. The number of hydrogen-bond donors (Lipinski definition) is 1. The van der Waals surface area contributed by atoms with E-state index in [1.807, 2.05) is 54.6 Å². The molecule has 0 bridgehead atoms. The van der Waals surface area contributed by atoms with E-state index < -0.39 is 0 Å². The SMILES string of the molecule is Nc1c(Cl)cnn1Cc1cccc(Oc2ccccc2)c1. The lowest BCUT2D eigenvalue weighted by molar-refractivity contribution is 0.481. The second-order valence-corrected chi connectivity index (χ2v) is 5.01. The van der Waals surface area contributed by atoms with Gasteiger partial charge in [-0.2, -0.15) is 5.10 Å². The van der Waals surface area contributed by atoms with Crippen molar-refractivity contribution < 1.29 is 4.74 Å². The van der Waals surface area contributed by atoms with Gasteiger partial charge >= 0.3 is 0 Å². The molecule has 0 saturated heterocycles. The highest BCUT2D eigenvalue weighted by Crippen LogP contribution is 2.23. The number of hydrogen-bond acceptors (Lipinski definition) is 3. The van der Waals surface area contributed by atoms with E-state index in [1.54, 1.807) is 10.9 Å². The molecule has 0 aliphatic rings. The second kappa shape index (κ2) is 5.89. The molecule has 2 aromatic carbocycles. The number of para-hydroxylation sites is 1. The first-order valence-corrected chi connectivity index (χ1v) is 6.89. The summed E-state index contributed by atoms with van der Waals surface area (Å²) < 4.78 is 7.46. The minimum atomic E-state index is 0.464. The molecule has 0 saturated carbocycles. The summed E-state index contributed by atoms with van der Waals surface area (Å²) >= 11 is 5.90. The summed E-state index contributed by atoms with van der Waals surface area (Å²) in [6, 6.07) is 17.5.